The summed E-state index contributed by atoms with van der Waals surface area (Å²) in [5.74, 6) is 0.709. The average molecular weight is 233 g/mol. The van der Waals surface area contributed by atoms with Gasteiger partial charge in [-0.3, -0.25) is 10.1 Å². The monoisotopic (exact) mass is 233 g/mol. The fraction of sp³-hybridized carbons (Fsp3) is 0.500. The van der Waals surface area contributed by atoms with Crippen LogP contribution in [-0.2, 0) is 0 Å². The van der Waals surface area contributed by atoms with E-state index in [9.17, 15) is 10.1 Å². The van der Waals surface area contributed by atoms with Gasteiger partial charge in [0.15, 0.2) is 0 Å². The van der Waals surface area contributed by atoms with E-state index in [1.54, 1.807) is 12.1 Å². The van der Waals surface area contributed by atoms with Crippen molar-refractivity contribution in [3.8, 4) is 0 Å². The van der Waals surface area contributed by atoms with Crippen molar-refractivity contribution < 1.29 is 4.92 Å². The molecule has 0 amide bonds. The predicted molar refractivity (Wildman–Crippen MR) is 66.0 cm³/mol. The number of fused-ring (bicyclic) bond motifs is 2. The molecule has 1 aliphatic heterocycles. The lowest BCUT2D eigenvalue weighted by Crippen LogP contribution is -2.32. The van der Waals surface area contributed by atoms with E-state index in [1.807, 2.05) is 6.07 Å². The summed E-state index contributed by atoms with van der Waals surface area (Å²) in [4.78, 5) is 12.9. The first-order valence-electron chi connectivity index (χ1n) is 5.96. The molecular formula is C12H15N3O2. The van der Waals surface area contributed by atoms with Crippen LogP contribution in [0.2, 0.25) is 0 Å². The molecule has 2 bridgehead atoms. The van der Waals surface area contributed by atoms with Gasteiger partial charge in [0.25, 0.3) is 0 Å². The van der Waals surface area contributed by atoms with Crippen LogP contribution < -0.4 is 10.6 Å². The summed E-state index contributed by atoms with van der Waals surface area (Å²) in [5.41, 5.74) is 6.75. The molecule has 3 rings (SSSR count). The van der Waals surface area contributed by atoms with Crippen LogP contribution >= 0.6 is 0 Å². The van der Waals surface area contributed by atoms with Gasteiger partial charge in [-0.25, -0.2) is 0 Å². The number of hydrogen-bond acceptors (Lipinski definition) is 4. The van der Waals surface area contributed by atoms with Crippen molar-refractivity contribution in [2.45, 2.75) is 25.3 Å². The van der Waals surface area contributed by atoms with Crippen LogP contribution in [0.1, 0.15) is 19.3 Å². The molecule has 2 N–H and O–H groups in total. The molecule has 0 spiro atoms. The molecule has 1 saturated heterocycles. The molecule has 5 heteroatoms. The molecule has 0 aromatic heterocycles. The summed E-state index contributed by atoms with van der Waals surface area (Å²) >= 11 is 0. The molecule has 17 heavy (non-hydrogen) atoms. The standard InChI is InChI=1S/C12H15N3O2/c13-10-2-1-3-11(12(10)15(16)17)14-7-8-4-5-9(14)6-8/h1-3,8-9H,4-7,13H2. The van der Waals surface area contributed by atoms with E-state index in [4.69, 9.17) is 5.73 Å². The third-order valence-corrected chi connectivity index (χ3v) is 3.95. The Hall–Kier alpha value is -1.78. The van der Waals surface area contributed by atoms with Gasteiger partial charge < -0.3 is 10.6 Å². The molecule has 1 aliphatic carbocycles. The molecule has 2 unspecified atom stereocenters. The summed E-state index contributed by atoms with van der Waals surface area (Å²) in [6.45, 7) is 0.939. The first kappa shape index (κ1) is 10.4. The highest BCUT2D eigenvalue weighted by Crippen LogP contribution is 2.44. The molecule has 5 nitrogen and oxygen atoms in total. The number of hydrogen-bond donors (Lipinski definition) is 1. The lowest BCUT2D eigenvalue weighted by Gasteiger charge is -2.28. The lowest BCUT2D eigenvalue weighted by atomic mass is 10.1. The van der Waals surface area contributed by atoms with Gasteiger partial charge >= 0.3 is 5.69 Å². The summed E-state index contributed by atoms with van der Waals surface area (Å²) in [5, 5.41) is 11.1. The number of anilines is 2. The molecule has 1 saturated carbocycles. The van der Waals surface area contributed by atoms with Gasteiger partial charge in [-0.05, 0) is 37.3 Å². The first-order valence-corrected chi connectivity index (χ1v) is 5.96. The molecular weight excluding hydrogens is 218 g/mol. The highest BCUT2D eigenvalue weighted by atomic mass is 16.6. The maximum atomic E-state index is 11.1. The Labute approximate surface area is 99.4 Å². The number of nitro benzene ring substituents is 1. The Balaban J connectivity index is 2.03. The smallest absolute Gasteiger partial charge is 0.315 e. The fourth-order valence-electron chi connectivity index (χ4n) is 3.20. The van der Waals surface area contributed by atoms with Crippen LogP contribution in [0.5, 0.6) is 0 Å². The number of para-hydroxylation sites is 1. The first-order chi connectivity index (χ1) is 8.16. The zero-order valence-electron chi connectivity index (χ0n) is 9.50. The minimum atomic E-state index is -0.364. The maximum Gasteiger partial charge on any atom is 0.315 e. The van der Waals surface area contributed by atoms with Gasteiger partial charge in [-0.15, -0.1) is 0 Å². The maximum absolute atomic E-state index is 11.1. The van der Waals surface area contributed by atoms with Crippen LogP contribution in [0, 0.1) is 16.0 Å². The third-order valence-electron chi connectivity index (χ3n) is 3.95. The van der Waals surface area contributed by atoms with Gasteiger partial charge in [-0.2, -0.15) is 0 Å². The van der Waals surface area contributed by atoms with Crippen LogP contribution in [0.4, 0.5) is 17.1 Å². The lowest BCUT2D eigenvalue weighted by molar-refractivity contribution is -0.383. The molecule has 90 valence electrons. The minimum Gasteiger partial charge on any atom is -0.393 e. The summed E-state index contributed by atoms with van der Waals surface area (Å²) < 4.78 is 0. The second-order valence-electron chi connectivity index (χ2n) is 4.96. The van der Waals surface area contributed by atoms with Gasteiger partial charge in [0.1, 0.15) is 11.4 Å². The van der Waals surface area contributed by atoms with E-state index in [-0.39, 0.29) is 16.3 Å². The van der Waals surface area contributed by atoms with Gasteiger partial charge in [0.2, 0.25) is 0 Å². The molecule has 2 atom stereocenters. The van der Waals surface area contributed by atoms with Gasteiger partial charge in [0.05, 0.1) is 4.92 Å². The number of nitrogen functional groups attached to an aromatic ring is 1. The Morgan fingerprint density at radius 3 is 2.82 bits per heavy atom. The van der Waals surface area contributed by atoms with Gasteiger partial charge in [-0.1, -0.05) is 6.07 Å². The zero-order chi connectivity index (χ0) is 12.0. The minimum absolute atomic E-state index is 0.0695. The van der Waals surface area contributed by atoms with Crippen LogP contribution in [0.25, 0.3) is 0 Å². The van der Waals surface area contributed by atoms with E-state index < -0.39 is 0 Å². The Morgan fingerprint density at radius 1 is 1.41 bits per heavy atom. The molecule has 2 aliphatic rings. The van der Waals surface area contributed by atoms with Crippen molar-refractivity contribution in [1.82, 2.24) is 0 Å². The SMILES string of the molecule is Nc1cccc(N2CC3CCC2C3)c1[N+](=O)[O-]. The molecule has 0 radical (unpaired) electrons. The summed E-state index contributed by atoms with van der Waals surface area (Å²) in [6.07, 6.45) is 3.58. The van der Waals surface area contributed by atoms with Crippen LogP contribution in [-0.4, -0.2) is 17.5 Å². The van der Waals surface area contributed by atoms with E-state index in [0.29, 0.717) is 17.6 Å². The van der Waals surface area contributed by atoms with Crippen molar-refractivity contribution in [3.63, 3.8) is 0 Å². The number of rotatable bonds is 2. The number of piperidine rings is 1. The summed E-state index contributed by atoms with van der Waals surface area (Å²) in [7, 11) is 0. The Morgan fingerprint density at radius 2 is 2.24 bits per heavy atom. The highest BCUT2D eigenvalue weighted by molar-refractivity contribution is 5.76. The Kier molecular flexibility index (Phi) is 2.21. The van der Waals surface area contributed by atoms with E-state index >= 15 is 0 Å². The molecule has 2 fully saturated rings. The number of nitro groups is 1. The molecule has 1 aromatic rings. The second-order valence-corrected chi connectivity index (χ2v) is 4.96. The van der Waals surface area contributed by atoms with Crippen molar-refractivity contribution in [3.05, 3.63) is 28.3 Å². The number of nitrogens with zero attached hydrogens (tertiary/aromatic N) is 2. The van der Waals surface area contributed by atoms with E-state index in [1.165, 1.54) is 12.8 Å². The quantitative estimate of drug-likeness (QED) is 0.482. The van der Waals surface area contributed by atoms with E-state index in [0.717, 1.165) is 13.0 Å². The predicted octanol–water partition coefficient (Wildman–Crippen LogP) is 2.17. The van der Waals surface area contributed by atoms with Crippen LogP contribution in [0.3, 0.4) is 0 Å². The van der Waals surface area contributed by atoms with Gasteiger partial charge in [0, 0.05) is 12.6 Å². The van der Waals surface area contributed by atoms with Crippen LogP contribution in [0.15, 0.2) is 18.2 Å². The van der Waals surface area contributed by atoms with Crippen molar-refractivity contribution >= 4 is 17.1 Å². The van der Waals surface area contributed by atoms with E-state index in [2.05, 4.69) is 4.90 Å². The normalized spacial score (nSPS) is 26.5. The fourth-order valence-corrected chi connectivity index (χ4v) is 3.20. The number of benzene rings is 1. The Bertz CT molecular complexity index is 475. The topological polar surface area (TPSA) is 72.4 Å². The number of nitrogens with two attached hydrogens (primary N) is 1. The summed E-state index contributed by atoms with van der Waals surface area (Å²) in [6, 6.07) is 5.68. The highest BCUT2D eigenvalue weighted by Gasteiger charge is 2.40. The second kappa shape index (κ2) is 3.61. The average Bonchev–Trinajstić information content (AvgIpc) is 2.89. The van der Waals surface area contributed by atoms with Crippen molar-refractivity contribution in [2.75, 3.05) is 17.2 Å². The largest absolute Gasteiger partial charge is 0.393 e. The zero-order valence-corrected chi connectivity index (χ0v) is 9.50. The van der Waals surface area contributed by atoms with Crippen molar-refractivity contribution in [1.29, 1.82) is 0 Å². The molecule has 1 heterocycles. The molecule has 1 aromatic carbocycles. The van der Waals surface area contributed by atoms with Crippen molar-refractivity contribution in [2.24, 2.45) is 5.92 Å². The third kappa shape index (κ3) is 1.53.